The van der Waals surface area contributed by atoms with E-state index in [1.54, 1.807) is 6.92 Å². The second kappa shape index (κ2) is 10.6. The minimum atomic E-state index is -0.982. The van der Waals surface area contributed by atoms with Gasteiger partial charge in [0.1, 0.15) is 0 Å². The quantitative estimate of drug-likeness (QED) is 0.483. The Kier molecular flexibility index (Phi) is 9.80. The smallest absolute Gasteiger partial charge is 0.335 e. The Morgan fingerprint density at radius 2 is 2.16 bits per heavy atom. The number of aliphatic hydroxyl groups is 1. The maximum absolute atomic E-state index is 10.7. The number of cyclic esters (lactones) is 1. The van der Waals surface area contributed by atoms with Gasteiger partial charge in [0, 0.05) is 18.4 Å². The Bertz CT molecular complexity index is 288. The molecule has 1 aliphatic heterocycles. The fourth-order valence-corrected chi connectivity index (χ4v) is 1.34. The molecule has 110 valence electrons. The number of ether oxygens (including phenoxy) is 2. The molecule has 1 atom stereocenters. The fraction of sp³-hybridized carbons (Fsp3) is 0.714. The van der Waals surface area contributed by atoms with Crippen LogP contribution in [0.25, 0.3) is 0 Å². The number of rotatable bonds is 4. The van der Waals surface area contributed by atoms with Crippen LogP contribution in [0.1, 0.15) is 52.4 Å². The lowest BCUT2D eigenvalue weighted by atomic mass is 10.2. The van der Waals surface area contributed by atoms with Crippen LogP contribution < -0.4 is 0 Å². The maximum atomic E-state index is 10.7. The number of aliphatic hydroxyl groups excluding tert-OH is 1. The lowest BCUT2D eigenvalue weighted by Crippen LogP contribution is -2.17. The molecule has 1 unspecified atom stereocenters. The van der Waals surface area contributed by atoms with Gasteiger partial charge in [-0.1, -0.05) is 19.9 Å². The summed E-state index contributed by atoms with van der Waals surface area (Å²) < 4.78 is 9.33. The third-order valence-electron chi connectivity index (χ3n) is 2.42. The molecule has 1 fully saturated rings. The van der Waals surface area contributed by atoms with Crippen LogP contribution in [0.5, 0.6) is 0 Å². The Balaban J connectivity index is 0.000000356. The molecule has 5 heteroatoms. The topological polar surface area (TPSA) is 72.8 Å². The van der Waals surface area contributed by atoms with Crippen molar-refractivity contribution in [2.75, 3.05) is 6.61 Å². The molecule has 0 spiro atoms. The molecule has 0 bridgehead atoms. The zero-order chi connectivity index (χ0) is 14.7. The van der Waals surface area contributed by atoms with Gasteiger partial charge in [0.05, 0.1) is 6.61 Å². The Labute approximate surface area is 114 Å². The summed E-state index contributed by atoms with van der Waals surface area (Å²) in [6, 6.07) is 0. The van der Waals surface area contributed by atoms with Crippen molar-refractivity contribution >= 4 is 11.9 Å². The number of hydrogen-bond acceptors (Lipinski definition) is 5. The van der Waals surface area contributed by atoms with Gasteiger partial charge in [-0.25, -0.2) is 4.79 Å². The molecule has 0 saturated carbocycles. The molecule has 0 aromatic rings. The standard InChI is InChI=1S/C8H14O3.C6H10O2/c1-4-5-7(9)11-8(10)6(2)3;7-6-4-2-1-3-5-8-6/h7,9H,2,4-5H2,1,3H3;1-5H2. The molecule has 0 aromatic carbocycles. The summed E-state index contributed by atoms with van der Waals surface area (Å²) in [5.41, 5.74) is 0.306. The highest BCUT2D eigenvalue weighted by Gasteiger charge is 2.09. The monoisotopic (exact) mass is 272 g/mol. The number of hydrogen-bond donors (Lipinski definition) is 1. The Morgan fingerprint density at radius 1 is 1.47 bits per heavy atom. The number of carbonyl (C=O) groups is 2. The van der Waals surface area contributed by atoms with Crippen molar-refractivity contribution in [2.45, 2.75) is 58.7 Å². The van der Waals surface area contributed by atoms with Crippen molar-refractivity contribution in [1.82, 2.24) is 0 Å². The van der Waals surface area contributed by atoms with Gasteiger partial charge in [0.2, 0.25) is 6.29 Å². The van der Waals surface area contributed by atoms with Gasteiger partial charge in [-0.05, 0) is 26.2 Å². The van der Waals surface area contributed by atoms with Crippen molar-refractivity contribution in [3.8, 4) is 0 Å². The van der Waals surface area contributed by atoms with Crippen molar-refractivity contribution < 1.29 is 24.2 Å². The first-order chi connectivity index (χ1) is 8.97. The highest BCUT2D eigenvalue weighted by atomic mass is 16.6. The molecular formula is C14H24O5. The maximum Gasteiger partial charge on any atom is 0.335 e. The summed E-state index contributed by atoms with van der Waals surface area (Å²) in [6.45, 7) is 7.46. The average molecular weight is 272 g/mol. The van der Waals surface area contributed by atoms with E-state index in [-0.39, 0.29) is 5.97 Å². The Hall–Kier alpha value is -1.36. The first-order valence-corrected chi connectivity index (χ1v) is 6.67. The van der Waals surface area contributed by atoms with Crippen molar-refractivity contribution in [2.24, 2.45) is 0 Å². The molecule has 0 aliphatic carbocycles. The van der Waals surface area contributed by atoms with E-state index in [2.05, 4.69) is 11.3 Å². The molecule has 1 aliphatic rings. The van der Waals surface area contributed by atoms with E-state index in [0.29, 0.717) is 25.0 Å². The highest BCUT2D eigenvalue weighted by molar-refractivity contribution is 5.86. The van der Waals surface area contributed by atoms with E-state index in [1.165, 1.54) is 0 Å². The SMILES string of the molecule is C=C(C)C(=O)OC(O)CCC.O=C1CCCCCO1. The second-order valence-corrected chi connectivity index (χ2v) is 4.46. The van der Waals surface area contributed by atoms with Gasteiger partial charge in [-0.15, -0.1) is 0 Å². The summed E-state index contributed by atoms with van der Waals surface area (Å²) in [5, 5.41) is 8.98. The van der Waals surface area contributed by atoms with E-state index in [1.807, 2.05) is 6.92 Å². The lowest BCUT2D eigenvalue weighted by Gasteiger charge is -2.09. The van der Waals surface area contributed by atoms with Crippen LogP contribution >= 0.6 is 0 Å². The number of carbonyl (C=O) groups excluding carboxylic acids is 2. The van der Waals surface area contributed by atoms with Crippen LogP contribution in [0.3, 0.4) is 0 Å². The van der Waals surface area contributed by atoms with Gasteiger partial charge in [0.25, 0.3) is 0 Å². The molecule has 1 heterocycles. The predicted molar refractivity (Wildman–Crippen MR) is 71.2 cm³/mol. The van der Waals surface area contributed by atoms with Gasteiger partial charge in [-0.3, -0.25) is 4.79 Å². The summed E-state index contributed by atoms with van der Waals surface area (Å²) in [7, 11) is 0. The lowest BCUT2D eigenvalue weighted by molar-refractivity contribution is -0.163. The van der Waals surface area contributed by atoms with Gasteiger partial charge in [-0.2, -0.15) is 0 Å². The summed E-state index contributed by atoms with van der Waals surface area (Å²) >= 11 is 0. The second-order valence-electron chi connectivity index (χ2n) is 4.46. The van der Waals surface area contributed by atoms with Gasteiger partial charge < -0.3 is 14.6 Å². The predicted octanol–water partition coefficient (Wildman–Crippen LogP) is 2.33. The summed E-state index contributed by atoms with van der Waals surface area (Å²) in [4.78, 5) is 21.2. The first-order valence-electron chi connectivity index (χ1n) is 6.67. The minimum Gasteiger partial charge on any atom is -0.466 e. The van der Waals surface area contributed by atoms with E-state index in [4.69, 9.17) is 9.84 Å². The van der Waals surface area contributed by atoms with E-state index in [9.17, 15) is 9.59 Å². The van der Waals surface area contributed by atoms with Gasteiger partial charge in [0.15, 0.2) is 0 Å². The minimum absolute atomic E-state index is 0.0255. The molecule has 19 heavy (non-hydrogen) atoms. The summed E-state index contributed by atoms with van der Waals surface area (Å²) in [5.74, 6) is -0.562. The molecule has 5 nitrogen and oxygen atoms in total. The summed E-state index contributed by atoms with van der Waals surface area (Å²) in [6.07, 6.45) is 4.10. The van der Waals surface area contributed by atoms with Crippen LogP contribution in [0.2, 0.25) is 0 Å². The van der Waals surface area contributed by atoms with Crippen LogP contribution in [-0.4, -0.2) is 29.9 Å². The normalized spacial score (nSPS) is 16.3. The highest BCUT2D eigenvalue weighted by Crippen LogP contribution is 2.06. The first kappa shape index (κ1) is 17.6. The van der Waals surface area contributed by atoms with E-state index < -0.39 is 12.3 Å². The van der Waals surface area contributed by atoms with Crippen LogP contribution in [0, 0.1) is 0 Å². The third kappa shape index (κ3) is 10.3. The Morgan fingerprint density at radius 3 is 2.74 bits per heavy atom. The van der Waals surface area contributed by atoms with Gasteiger partial charge >= 0.3 is 11.9 Å². The molecule has 1 N–H and O–H groups in total. The third-order valence-corrected chi connectivity index (χ3v) is 2.42. The van der Waals surface area contributed by atoms with Crippen LogP contribution in [-0.2, 0) is 19.1 Å². The molecule has 1 saturated heterocycles. The largest absolute Gasteiger partial charge is 0.466 e. The van der Waals surface area contributed by atoms with Crippen LogP contribution in [0.15, 0.2) is 12.2 Å². The zero-order valence-electron chi connectivity index (χ0n) is 11.8. The molecule has 0 radical (unpaired) electrons. The van der Waals surface area contributed by atoms with Crippen LogP contribution in [0.4, 0.5) is 0 Å². The van der Waals surface area contributed by atoms with E-state index >= 15 is 0 Å². The average Bonchev–Trinajstić information content (AvgIpc) is 2.57. The van der Waals surface area contributed by atoms with Crippen molar-refractivity contribution in [3.05, 3.63) is 12.2 Å². The number of esters is 2. The van der Waals surface area contributed by atoms with Crippen molar-refractivity contribution in [3.63, 3.8) is 0 Å². The molecule has 0 amide bonds. The molecular weight excluding hydrogens is 248 g/mol. The zero-order valence-corrected chi connectivity index (χ0v) is 11.8. The molecule has 1 rings (SSSR count). The molecule has 0 aromatic heterocycles. The van der Waals surface area contributed by atoms with E-state index in [0.717, 1.165) is 25.7 Å². The fourth-order valence-electron chi connectivity index (χ4n) is 1.34. The van der Waals surface area contributed by atoms with Crippen molar-refractivity contribution in [1.29, 1.82) is 0 Å².